The predicted octanol–water partition coefficient (Wildman–Crippen LogP) is 1.99. The van der Waals surface area contributed by atoms with Gasteiger partial charge in [-0.15, -0.1) is 0 Å². The van der Waals surface area contributed by atoms with Gasteiger partial charge in [0.1, 0.15) is 12.4 Å². The van der Waals surface area contributed by atoms with Gasteiger partial charge >= 0.3 is 12.0 Å². The highest BCUT2D eigenvalue weighted by Gasteiger charge is 2.16. The van der Waals surface area contributed by atoms with E-state index in [4.69, 9.17) is 20.9 Å². The van der Waals surface area contributed by atoms with E-state index >= 15 is 0 Å². The van der Waals surface area contributed by atoms with Gasteiger partial charge in [-0.05, 0) is 31.4 Å². The van der Waals surface area contributed by atoms with Crippen LogP contribution in [0.1, 0.15) is 90.6 Å². The van der Waals surface area contributed by atoms with Crippen LogP contribution in [0.3, 0.4) is 0 Å². The number of hydrogen-bond donors (Lipinski definition) is 7. The van der Waals surface area contributed by atoms with E-state index in [0.717, 1.165) is 6.42 Å². The molecule has 6 amide bonds. The van der Waals surface area contributed by atoms with Crippen LogP contribution in [0.2, 0.25) is 0 Å². The molecular weight excluding hydrogens is 662 g/mol. The number of carbonyl (C=O) groups excluding carboxylic acids is 7. The summed E-state index contributed by atoms with van der Waals surface area (Å²) in [7, 11) is 0. The van der Waals surface area contributed by atoms with Gasteiger partial charge in [-0.25, -0.2) is 4.79 Å². The van der Waals surface area contributed by atoms with E-state index in [9.17, 15) is 33.6 Å². The highest BCUT2D eigenvalue weighted by atomic mass is 16.5. The number of nitrogens with one attached hydrogen (secondary N) is 5. The molecule has 1 unspecified atom stereocenters. The Morgan fingerprint density at radius 3 is 2.02 bits per heavy atom. The predicted molar refractivity (Wildman–Crippen MR) is 195 cm³/mol. The summed E-state index contributed by atoms with van der Waals surface area (Å²) in [5.41, 5.74) is 11.3. The summed E-state index contributed by atoms with van der Waals surface area (Å²) in [5.74, 6) is -0.803. The first kappa shape index (κ1) is 48.5. The minimum absolute atomic E-state index is 0.00591. The molecule has 0 spiro atoms. The Morgan fingerprint density at radius 1 is 0.863 bits per heavy atom. The van der Waals surface area contributed by atoms with Crippen molar-refractivity contribution >= 4 is 47.6 Å². The van der Waals surface area contributed by atoms with Crippen molar-refractivity contribution in [2.24, 2.45) is 29.2 Å². The first-order chi connectivity index (χ1) is 24.0. The Labute approximate surface area is 302 Å². The van der Waals surface area contributed by atoms with Gasteiger partial charge in [0, 0.05) is 61.2 Å². The number of esters is 1. The molecule has 1 atom stereocenters. The lowest BCUT2D eigenvalue weighted by molar-refractivity contribution is -0.148. The second-order valence-corrected chi connectivity index (χ2v) is 12.4. The van der Waals surface area contributed by atoms with Crippen molar-refractivity contribution in [1.82, 2.24) is 21.3 Å². The molecule has 51 heavy (non-hydrogen) atoms. The summed E-state index contributed by atoms with van der Waals surface area (Å²) in [6.07, 6.45) is 2.13. The fourth-order valence-corrected chi connectivity index (χ4v) is 3.40. The molecule has 0 aliphatic heterocycles. The van der Waals surface area contributed by atoms with Crippen LogP contribution in [0.15, 0.2) is 18.2 Å². The van der Waals surface area contributed by atoms with E-state index in [2.05, 4.69) is 40.4 Å². The number of ether oxygens (including phenoxy) is 2. The lowest BCUT2D eigenvalue weighted by Gasteiger charge is -2.17. The average Bonchev–Trinajstić information content (AvgIpc) is 3.07. The number of amides is 6. The molecule has 0 radical (unpaired) electrons. The first-order valence-corrected chi connectivity index (χ1v) is 17.2. The Hall–Kier alpha value is -4.57. The van der Waals surface area contributed by atoms with E-state index in [-0.39, 0.29) is 67.3 Å². The number of anilines is 1. The Kier molecular flexibility index (Phi) is 27.8. The van der Waals surface area contributed by atoms with Crippen LogP contribution in [0.4, 0.5) is 10.5 Å². The zero-order valence-corrected chi connectivity index (χ0v) is 31.5. The minimum Gasteiger partial charge on any atom is -0.461 e. The Balaban J connectivity index is 0. The molecule has 0 aliphatic carbocycles. The maximum Gasteiger partial charge on any atom is 0.312 e. The van der Waals surface area contributed by atoms with Crippen LogP contribution >= 0.6 is 0 Å². The van der Waals surface area contributed by atoms with Crippen molar-refractivity contribution in [2.45, 2.75) is 87.3 Å². The molecule has 16 heteroatoms. The summed E-state index contributed by atoms with van der Waals surface area (Å²) in [6.45, 7) is 17.0. The zero-order chi connectivity index (χ0) is 39.4. The highest BCUT2D eigenvalue weighted by molar-refractivity contribution is 5.99. The van der Waals surface area contributed by atoms with Crippen molar-refractivity contribution in [1.29, 1.82) is 0 Å². The van der Waals surface area contributed by atoms with Crippen molar-refractivity contribution < 1.29 is 43.0 Å². The van der Waals surface area contributed by atoms with Gasteiger partial charge < -0.3 is 47.5 Å². The lowest BCUT2D eigenvalue weighted by Crippen LogP contribution is -2.36. The van der Waals surface area contributed by atoms with E-state index in [0.29, 0.717) is 56.2 Å². The third-order valence-electron chi connectivity index (χ3n) is 6.80. The molecule has 0 aromatic heterocycles. The number of benzene rings is 1. The van der Waals surface area contributed by atoms with Crippen LogP contribution in [0.5, 0.6) is 0 Å². The van der Waals surface area contributed by atoms with E-state index in [1.807, 2.05) is 27.7 Å². The topological polar surface area (TPSA) is 250 Å². The summed E-state index contributed by atoms with van der Waals surface area (Å²) in [4.78, 5) is 78.6. The molecular formula is C35H61N7O9. The van der Waals surface area contributed by atoms with Crippen LogP contribution in [-0.4, -0.2) is 87.3 Å². The van der Waals surface area contributed by atoms with Gasteiger partial charge in [-0.3, -0.25) is 28.8 Å². The van der Waals surface area contributed by atoms with Crippen molar-refractivity contribution in [2.75, 3.05) is 44.7 Å². The van der Waals surface area contributed by atoms with Gasteiger partial charge in [0.05, 0.1) is 25.7 Å². The average molecular weight is 724 g/mol. The quantitative estimate of drug-likeness (QED) is 0.0552. The maximum absolute atomic E-state index is 12.3. The number of hydrogen-bond acceptors (Lipinski definition) is 10. The van der Waals surface area contributed by atoms with E-state index < -0.39 is 17.8 Å². The smallest absolute Gasteiger partial charge is 0.312 e. The van der Waals surface area contributed by atoms with Gasteiger partial charge in [0.25, 0.3) is 5.91 Å². The second-order valence-electron chi connectivity index (χ2n) is 12.4. The summed E-state index contributed by atoms with van der Waals surface area (Å²) < 4.78 is 10.5. The highest BCUT2D eigenvalue weighted by Crippen LogP contribution is 2.18. The summed E-state index contributed by atoms with van der Waals surface area (Å²) in [5, 5.41) is 12.8. The fraction of sp³-hybridized carbons (Fsp3) is 0.629. The summed E-state index contributed by atoms with van der Waals surface area (Å²) in [6, 6.07) is 4.38. The van der Waals surface area contributed by atoms with Gasteiger partial charge in [-0.2, -0.15) is 0 Å². The largest absolute Gasteiger partial charge is 0.461 e. The van der Waals surface area contributed by atoms with Gasteiger partial charge in [-0.1, -0.05) is 54.5 Å². The minimum atomic E-state index is -0.443. The molecule has 0 heterocycles. The normalized spacial score (nSPS) is 10.8. The van der Waals surface area contributed by atoms with Crippen LogP contribution < -0.4 is 38.1 Å². The molecule has 290 valence electrons. The maximum atomic E-state index is 12.3. The molecule has 0 aliphatic rings. The second kappa shape index (κ2) is 29.2. The van der Waals surface area contributed by atoms with Gasteiger partial charge in [0.15, 0.2) is 0 Å². The number of nitrogens with two attached hydrogens (primary N) is 2. The zero-order valence-electron chi connectivity index (χ0n) is 31.5. The first-order valence-electron chi connectivity index (χ1n) is 17.2. The van der Waals surface area contributed by atoms with E-state index in [1.54, 1.807) is 26.0 Å². The lowest BCUT2D eigenvalue weighted by atomic mass is 10.1. The Morgan fingerprint density at radius 2 is 1.51 bits per heavy atom. The van der Waals surface area contributed by atoms with Crippen molar-refractivity contribution in [3.05, 3.63) is 29.3 Å². The number of primary amides is 1. The summed E-state index contributed by atoms with van der Waals surface area (Å²) >= 11 is 0. The molecule has 9 N–H and O–H groups in total. The van der Waals surface area contributed by atoms with Crippen LogP contribution in [0.25, 0.3) is 0 Å². The van der Waals surface area contributed by atoms with Crippen molar-refractivity contribution in [3.63, 3.8) is 0 Å². The number of ketones is 1. The molecule has 0 saturated heterocycles. The number of rotatable bonds is 21. The fourth-order valence-electron chi connectivity index (χ4n) is 3.40. The number of urea groups is 1. The number of carbonyl (C=O) groups is 7. The molecule has 16 nitrogen and oxygen atoms in total. The SMILES string of the molecule is CC(C)C(=O)CCOCCC(=O)NC(C)C(C)C.CC(C)C(=O)OCc1ccc(NC(=O)CNC=O)cc1C(=O)NCCN.CCCNC(N)=O. The monoisotopic (exact) mass is 723 g/mol. The third-order valence-corrected chi connectivity index (χ3v) is 6.80. The molecule has 0 saturated carbocycles. The molecule has 1 aromatic carbocycles. The van der Waals surface area contributed by atoms with Crippen LogP contribution in [0, 0.1) is 17.8 Å². The van der Waals surface area contributed by atoms with Crippen molar-refractivity contribution in [3.8, 4) is 0 Å². The number of Topliss-reactive ketones (excluding diaryl/α,β-unsaturated/α-hetero) is 1. The van der Waals surface area contributed by atoms with Gasteiger partial charge in [0.2, 0.25) is 18.2 Å². The molecule has 1 aromatic rings. The third kappa shape index (κ3) is 26.0. The Bertz CT molecular complexity index is 1220. The molecule has 0 bridgehead atoms. The molecule has 0 fully saturated rings. The van der Waals surface area contributed by atoms with E-state index in [1.165, 1.54) is 6.07 Å². The van der Waals surface area contributed by atoms with Crippen LogP contribution in [-0.2, 0) is 40.1 Å². The molecule has 1 rings (SSSR count). The standard InChI is InChI=1S/C17H24N4O5.C14H27NO3.C4H10N2O/c1-11(2)17(25)26-9-12-3-4-13(21-15(23)8-19-10-22)7-14(12)16(24)20-6-5-18;1-10(2)12(5)15-14(17)7-9-18-8-6-13(16)11(3)4;1-2-3-6-4(5)7/h3-4,7,10-11H,5-6,8-9,18H2,1-2H3,(H,19,22)(H,20,24)(H,21,23);10-12H,6-9H2,1-5H3,(H,15,17);2-3H2,1H3,(H3,5,6,7).